The molecule has 0 amide bonds. The second-order valence-electron chi connectivity index (χ2n) is 15.9. The molecule has 65 heavy (non-hydrogen) atoms. The summed E-state index contributed by atoms with van der Waals surface area (Å²) in [6.07, 6.45) is -4.74. The van der Waals surface area contributed by atoms with E-state index in [0.29, 0.717) is 0 Å². The predicted octanol–water partition coefficient (Wildman–Crippen LogP) is 9.36. The molecule has 0 spiro atoms. The van der Waals surface area contributed by atoms with E-state index >= 15 is 35.1 Å². The van der Waals surface area contributed by atoms with Gasteiger partial charge in [-0.3, -0.25) is 0 Å². The van der Waals surface area contributed by atoms with Crippen LogP contribution in [0.4, 0.5) is 87.8 Å². The van der Waals surface area contributed by atoms with Crippen LogP contribution in [0.2, 0.25) is 0 Å². The van der Waals surface area contributed by atoms with Gasteiger partial charge in [0.15, 0.2) is 69.8 Å². The number of halogens is 20. The molecule has 0 saturated heterocycles. The van der Waals surface area contributed by atoms with E-state index < -0.39 is 144 Å². The Kier molecular flexibility index (Phi) is 16.2. The fourth-order valence-electron chi connectivity index (χ4n) is 7.93. The summed E-state index contributed by atoms with van der Waals surface area (Å²) in [6, 6.07) is 9.85. The first-order valence-corrected chi connectivity index (χ1v) is 19.3. The number of nitrogens with one attached hydrogen (secondary N) is 1. The van der Waals surface area contributed by atoms with Crippen LogP contribution >= 0.6 is 0 Å². The first kappa shape index (κ1) is 52.4. The Morgan fingerprint density at radius 2 is 0.585 bits per heavy atom. The van der Waals surface area contributed by atoms with Crippen molar-refractivity contribution in [1.29, 1.82) is 0 Å². The largest absolute Gasteiger partial charge is 0.332 e. The van der Waals surface area contributed by atoms with E-state index in [1.54, 1.807) is 4.90 Å². The Balaban J connectivity index is 0.000000387. The summed E-state index contributed by atoms with van der Waals surface area (Å²) in [5.74, 6) is -69.9. The summed E-state index contributed by atoms with van der Waals surface area (Å²) in [5.41, 5.74) is -11.5. The Labute approximate surface area is 357 Å². The zero-order valence-corrected chi connectivity index (χ0v) is 34.5. The summed E-state index contributed by atoms with van der Waals surface area (Å²) < 4.78 is 294. The molecular weight excluding hydrogens is 921 g/mol. The fraction of sp³-hybridized carbons (Fsp3) is 0.302. The highest BCUT2D eigenvalue weighted by molar-refractivity contribution is 7.20. The molecule has 0 saturated carbocycles. The number of quaternary nitrogens is 1. The second-order valence-corrected chi connectivity index (χ2v) is 15.9. The van der Waals surface area contributed by atoms with Gasteiger partial charge in [-0.1, -0.05) is 64.4 Å². The van der Waals surface area contributed by atoms with Crippen molar-refractivity contribution >= 4 is 28.0 Å². The Morgan fingerprint density at radius 3 is 0.785 bits per heavy atom. The van der Waals surface area contributed by atoms with Crippen molar-refractivity contribution in [1.82, 2.24) is 0 Å². The molecule has 0 aliphatic heterocycles. The van der Waals surface area contributed by atoms with Crippen molar-refractivity contribution in [2.45, 2.75) is 60.4 Å². The standard InChI is InChI=1S/C24BF20.C19H33N/c26-5-1(6(27)14(35)21(42)13(5)34)25(2-7(28)15(36)22(43)16(37)8(2)29,3-9(30)17(38)23(44)18(39)10(3)31)4-11(32)19(40)24(45)20(41)12(4)33;1-7-19(12-18-10-8-17(6)9-11-18)20(13-15(2)3)14-16(4)5/h;8-11,15-16,19H,7,12-14H2,1-6H3/q-1;/p+1. The van der Waals surface area contributed by atoms with Crippen molar-refractivity contribution in [3.63, 3.8) is 0 Å². The summed E-state index contributed by atoms with van der Waals surface area (Å²) in [5, 5.41) is 0. The lowest BCUT2D eigenvalue weighted by Gasteiger charge is -2.44. The molecule has 0 bridgehead atoms. The van der Waals surface area contributed by atoms with Crippen LogP contribution in [-0.2, 0) is 6.42 Å². The monoisotopic (exact) mass is 955 g/mol. The molecule has 0 radical (unpaired) electrons. The van der Waals surface area contributed by atoms with E-state index in [1.165, 1.54) is 37.1 Å². The average Bonchev–Trinajstić information content (AvgIpc) is 3.25. The molecular formula is C43H34BF20N. The fourth-order valence-corrected chi connectivity index (χ4v) is 7.93. The second kappa shape index (κ2) is 20.1. The maximum absolute atomic E-state index is 15.4. The molecule has 1 N–H and O–H groups in total. The molecule has 0 aliphatic carbocycles. The highest BCUT2D eigenvalue weighted by Gasteiger charge is 2.52. The van der Waals surface area contributed by atoms with Crippen molar-refractivity contribution in [3.8, 4) is 0 Å². The Morgan fingerprint density at radius 1 is 0.369 bits per heavy atom. The molecule has 0 fully saturated rings. The molecule has 1 unspecified atom stereocenters. The molecule has 5 aromatic carbocycles. The van der Waals surface area contributed by atoms with Gasteiger partial charge in [0.1, 0.15) is 52.7 Å². The van der Waals surface area contributed by atoms with Gasteiger partial charge in [0.2, 0.25) is 0 Å². The molecule has 0 heterocycles. The van der Waals surface area contributed by atoms with Crippen LogP contribution in [0.1, 0.15) is 52.2 Å². The van der Waals surface area contributed by atoms with Gasteiger partial charge in [0.25, 0.3) is 0 Å². The van der Waals surface area contributed by atoms with Crippen LogP contribution in [0.3, 0.4) is 0 Å². The minimum absolute atomic E-state index is 0.752. The van der Waals surface area contributed by atoms with Gasteiger partial charge < -0.3 is 4.90 Å². The molecule has 22 heteroatoms. The minimum Gasteiger partial charge on any atom is -0.332 e. The molecule has 0 aliphatic rings. The maximum atomic E-state index is 15.4. The number of hydrogen-bond donors (Lipinski definition) is 1. The molecule has 354 valence electrons. The Bertz CT molecular complexity index is 2200. The highest BCUT2D eigenvalue weighted by Crippen LogP contribution is 2.31. The Hall–Kier alpha value is -5.28. The van der Waals surface area contributed by atoms with Crippen LogP contribution in [0, 0.1) is 135 Å². The molecule has 1 nitrogen and oxygen atoms in total. The summed E-state index contributed by atoms with van der Waals surface area (Å²) >= 11 is 0. The third-order valence-corrected chi connectivity index (χ3v) is 10.7. The van der Waals surface area contributed by atoms with E-state index in [0.717, 1.165) is 17.9 Å². The summed E-state index contributed by atoms with van der Waals surface area (Å²) in [7, 11) is 0. The first-order chi connectivity index (χ1) is 30.1. The number of aryl methyl sites for hydroxylation is 1. The van der Waals surface area contributed by atoms with E-state index in [9.17, 15) is 52.7 Å². The normalized spacial score (nSPS) is 12.4. The van der Waals surface area contributed by atoms with E-state index in [1.807, 2.05) is 0 Å². The van der Waals surface area contributed by atoms with Crippen LogP contribution < -0.4 is 26.8 Å². The van der Waals surface area contributed by atoms with E-state index in [2.05, 4.69) is 65.8 Å². The highest BCUT2D eigenvalue weighted by atomic mass is 19.2. The first-order valence-electron chi connectivity index (χ1n) is 19.3. The molecule has 5 rings (SSSR count). The van der Waals surface area contributed by atoms with E-state index in [4.69, 9.17) is 0 Å². The number of benzene rings is 5. The smallest absolute Gasteiger partial charge is 0.200 e. The van der Waals surface area contributed by atoms with Crippen molar-refractivity contribution in [3.05, 3.63) is 152 Å². The van der Waals surface area contributed by atoms with Crippen LogP contribution in [0.25, 0.3) is 0 Å². The summed E-state index contributed by atoms with van der Waals surface area (Å²) in [6.45, 7) is 16.5. The van der Waals surface area contributed by atoms with Gasteiger partial charge in [0, 0.05) is 18.3 Å². The van der Waals surface area contributed by atoms with Crippen molar-refractivity contribution in [2.75, 3.05) is 13.1 Å². The third-order valence-electron chi connectivity index (χ3n) is 10.7. The minimum atomic E-state index is -7.22. The van der Waals surface area contributed by atoms with Gasteiger partial charge in [-0.2, -0.15) is 0 Å². The lowest BCUT2D eigenvalue weighted by molar-refractivity contribution is -0.931. The van der Waals surface area contributed by atoms with Gasteiger partial charge in [-0.05, 0) is 18.9 Å². The average molecular weight is 956 g/mol. The van der Waals surface area contributed by atoms with Crippen molar-refractivity contribution < 1.29 is 92.7 Å². The number of rotatable bonds is 12. The van der Waals surface area contributed by atoms with Crippen molar-refractivity contribution in [2.24, 2.45) is 11.8 Å². The third kappa shape index (κ3) is 9.28. The van der Waals surface area contributed by atoms with Crippen LogP contribution in [-0.4, -0.2) is 25.3 Å². The van der Waals surface area contributed by atoms with Gasteiger partial charge in [-0.25, -0.2) is 87.8 Å². The van der Waals surface area contributed by atoms with E-state index in [-0.39, 0.29) is 0 Å². The maximum Gasteiger partial charge on any atom is 0.200 e. The molecule has 0 aromatic heterocycles. The number of hydrogen-bond acceptors (Lipinski definition) is 0. The zero-order valence-electron chi connectivity index (χ0n) is 34.5. The summed E-state index contributed by atoms with van der Waals surface area (Å²) in [4.78, 5) is 1.79. The zero-order chi connectivity index (χ0) is 49.5. The SMILES string of the molecule is CCC(Cc1ccc(C)cc1)[NH+](CC(C)C)CC(C)C.Fc1c(F)c(F)c([B-](c2c(F)c(F)c(F)c(F)c2F)(c2c(F)c(F)c(F)c(F)c2F)c2c(F)c(F)c(F)c(F)c2F)c(F)c1F. The van der Waals surface area contributed by atoms with Gasteiger partial charge in [-0.15, -0.1) is 21.9 Å². The molecule has 1 atom stereocenters. The van der Waals surface area contributed by atoms with Gasteiger partial charge >= 0.3 is 0 Å². The topological polar surface area (TPSA) is 4.44 Å². The molecule has 5 aromatic rings. The van der Waals surface area contributed by atoms with Crippen LogP contribution in [0.5, 0.6) is 0 Å². The lowest BCUT2D eigenvalue weighted by Crippen LogP contribution is -3.17. The quantitative estimate of drug-likeness (QED) is 0.0551. The lowest BCUT2D eigenvalue weighted by atomic mass is 9.12. The predicted molar refractivity (Wildman–Crippen MR) is 199 cm³/mol. The van der Waals surface area contributed by atoms with Crippen LogP contribution in [0.15, 0.2) is 24.3 Å². The van der Waals surface area contributed by atoms with Gasteiger partial charge in [0.05, 0.1) is 19.1 Å².